The zero-order valence-corrected chi connectivity index (χ0v) is 14.0. The Morgan fingerprint density at radius 2 is 1.72 bits per heavy atom. The van der Waals surface area contributed by atoms with Gasteiger partial charge in [-0.1, -0.05) is 30.3 Å². The summed E-state index contributed by atoms with van der Waals surface area (Å²) in [5, 5.41) is 0.697. The molecule has 0 aliphatic carbocycles. The number of methoxy groups -OCH3 is 1. The van der Waals surface area contributed by atoms with Crippen molar-refractivity contribution < 1.29 is 19.1 Å². The minimum atomic E-state index is -0.551. The van der Waals surface area contributed by atoms with Crippen LogP contribution in [0.1, 0.15) is 26.4 Å². The maximum Gasteiger partial charge on any atom is 0.339 e. The van der Waals surface area contributed by atoms with Gasteiger partial charge in [-0.15, -0.1) is 0 Å². The number of hydrogen-bond acceptors (Lipinski definition) is 5. The standard InChI is InChI=1S/C20H17NO4/c1-13-11-16(14-7-3-5-9-17(14)21-13)20(23)25-12-18(22)15-8-4-6-10-19(15)24-2/h3-11H,12H2,1-2H3. The Labute approximate surface area is 145 Å². The van der Waals surface area contributed by atoms with Crippen molar-refractivity contribution in [3.63, 3.8) is 0 Å². The molecule has 0 spiro atoms. The minimum Gasteiger partial charge on any atom is -0.496 e. The summed E-state index contributed by atoms with van der Waals surface area (Å²) in [7, 11) is 1.49. The SMILES string of the molecule is COc1ccccc1C(=O)COC(=O)c1cc(C)nc2ccccc12. The van der Waals surface area contributed by atoms with E-state index in [0.717, 1.165) is 0 Å². The molecule has 0 fully saturated rings. The summed E-state index contributed by atoms with van der Waals surface area (Å²) in [6.45, 7) is 1.46. The zero-order valence-electron chi connectivity index (χ0n) is 14.0. The number of aromatic nitrogens is 1. The monoisotopic (exact) mass is 335 g/mol. The highest BCUT2D eigenvalue weighted by molar-refractivity contribution is 6.05. The molecule has 3 aromatic rings. The predicted molar refractivity (Wildman–Crippen MR) is 94.1 cm³/mol. The van der Waals surface area contributed by atoms with Crippen LogP contribution in [0, 0.1) is 6.92 Å². The molecular formula is C20H17NO4. The largest absolute Gasteiger partial charge is 0.496 e. The number of aryl methyl sites for hydroxylation is 1. The molecule has 126 valence electrons. The van der Waals surface area contributed by atoms with E-state index in [1.54, 1.807) is 36.4 Å². The lowest BCUT2D eigenvalue weighted by molar-refractivity contribution is 0.0475. The van der Waals surface area contributed by atoms with E-state index >= 15 is 0 Å². The topological polar surface area (TPSA) is 65.5 Å². The van der Waals surface area contributed by atoms with E-state index in [0.29, 0.717) is 33.5 Å². The number of pyridine rings is 1. The van der Waals surface area contributed by atoms with Crippen LogP contribution in [0.25, 0.3) is 10.9 Å². The van der Waals surface area contributed by atoms with E-state index < -0.39 is 5.97 Å². The molecule has 1 aromatic heterocycles. The predicted octanol–water partition coefficient (Wildman–Crippen LogP) is 3.59. The zero-order chi connectivity index (χ0) is 17.8. The van der Waals surface area contributed by atoms with E-state index in [-0.39, 0.29) is 12.4 Å². The fourth-order valence-electron chi connectivity index (χ4n) is 2.64. The van der Waals surface area contributed by atoms with Gasteiger partial charge >= 0.3 is 5.97 Å². The van der Waals surface area contributed by atoms with Gasteiger partial charge in [0.05, 0.1) is 23.8 Å². The Morgan fingerprint density at radius 1 is 1.00 bits per heavy atom. The number of nitrogens with zero attached hydrogens (tertiary/aromatic N) is 1. The normalized spacial score (nSPS) is 10.5. The van der Waals surface area contributed by atoms with Crippen LogP contribution >= 0.6 is 0 Å². The van der Waals surface area contributed by atoms with E-state index in [1.165, 1.54) is 7.11 Å². The first-order chi connectivity index (χ1) is 12.1. The maximum atomic E-state index is 12.5. The molecule has 0 bridgehead atoms. The fraction of sp³-hybridized carbons (Fsp3) is 0.150. The smallest absolute Gasteiger partial charge is 0.339 e. The second kappa shape index (κ2) is 7.13. The molecule has 3 rings (SSSR count). The third-order valence-electron chi connectivity index (χ3n) is 3.81. The summed E-state index contributed by atoms with van der Waals surface area (Å²) >= 11 is 0. The van der Waals surface area contributed by atoms with E-state index in [2.05, 4.69) is 4.98 Å². The van der Waals surface area contributed by atoms with E-state index in [9.17, 15) is 9.59 Å². The van der Waals surface area contributed by atoms with Gasteiger partial charge in [0, 0.05) is 11.1 Å². The molecule has 0 saturated carbocycles. The Balaban J connectivity index is 1.80. The summed E-state index contributed by atoms with van der Waals surface area (Å²) in [5.41, 5.74) is 2.21. The molecular weight excluding hydrogens is 318 g/mol. The first kappa shape index (κ1) is 16.6. The average Bonchev–Trinajstić information content (AvgIpc) is 2.65. The number of Topliss-reactive ketones (excluding diaryl/α,β-unsaturated/α-hetero) is 1. The van der Waals surface area contributed by atoms with Crippen molar-refractivity contribution in [3.05, 3.63) is 71.4 Å². The number of para-hydroxylation sites is 2. The highest BCUT2D eigenvalue weighted by Crippen LogP contribution is 2.20. The molecule has 0 atom stereocenters. The Kier molecular flexibility index (Phi) is 4.75. The van der Waals surface area contributed by atoms with Crippen molar-refractivity contribution in [1.82, 2.24) is 4.98 Å². The summed E-state index contributed by atoms with van der Waals surface area (Å²) in [5.74, 6) is -0.417. The quantitative estimate of drug-likeness (QED) is 0.526. The van der Waals surface area contributed by atoms with Gasteiger partial charge in [0.1, 0.15) is 5.75 Å². The summed E-state index contributed by atoms with van der Waals surface area (Å²) in [6.07, 6.45) is 0. The second-order valence-electron chi connectivity index (χ2n) is 5.53. The number of benzene rings is 2. The Morgan fingerprint density at radius 3 is 2.52 bits per heavy atom. The lowest BCUT2D eigenvalue weighted by Crippen LogP contribution is -2.15. The van der Waals surface area contributed by atoms with E-state index in [1.807, 2.05) is 25.1 Å². The van der Waals surface area contributed by atoms with Gasteiger partial charge < -0.3 is 9.47 Å². The number of hydrogen-bond donors (Lipinski definition) is 0. The number of esters is 1. The van der Waals surface area contributed by atoms with Gasteiger partial charge in [-0.3, -0.25) is 9.78 Å². The number of ketones is 1. The highest BCUT2D eigenvalue weighted by atomic mass is 16.5. The van der Waals surface area contributed by atoms with Crippen molar-refractivity contribution in [2.45, 2.75) is 6.92 Å². The molecule has 5 heteroatoms. The third-order valence-corrected chi connectivity index (χ3v) is 3.81. The number of fused-ring (bicyclic) bond motifs is 1. The first-order valence-electron chi connectivity index (χ1n) is 7.80. The van der Waals surface area contributed by atoms with Crippen LogP contribution in [-0.4, -0.2) is 30.5 Å². The average molecular weight is 335 g/mol. The van der Waals surface area contributed by atoms with Crippen LogP contribution in [0.15, 0.2) is 54.6 Å². The molecule has 1 heterocycles. The van der Waals surface area contributed by atoms with Crippen LogP contribution < -0.4 is 4.74 Å². The van der Waals surface area contributed by atoms with Crippen LogP contribution in [0.3, 0.4) is 0 Å². The van der Waals surface area contributed by atoms with Crippen LogP contribution in [0.4, 0.5) is 0 Å². The van der Waals surface area contributed by atoms with Gasteiger partial charge in [0.25, 0.3) is 0 Å². The van der Waals surface area contributed by atoms with Crippen molar-refractivity contribution >= 4 is 22.7 Å². The molecule has 25 heavy (non-hydrogen) atoms. The molecule has 0 saturated heterocycles. The molecule has 0 aliphatic heterocycles. The Bertz CT molecular complexity index is 949. The Hall–Kier alpha value is -3.21. The van der Waals surface area contributed by atoms with Crippen LogP contribution in [-0.2, 0) is 4.74 Å². The maximum absolute atomic E-state index is 12.5. The number of ether oxygens (including phenoxy) is 2. The first-order valence-corrected chi connectivity index (χ1v) is 7.80. The minimum absolute atomic E-state index is 0.319. The van der Waals surface area contributed by atoms with Gasteiger partial charge in [0.15, 0.2) is 6.61 Å². The molecule has 0 aliphatic rings. The molecule has 0 amide bonds. The lowest BCUT2D eigenvalue weighted by atomic mass is 10.1. The second-order valence-corrected chi connectivity index (χ2v) is 5.53. The summed E-state index contributed by atoms with van der Waals surface area (Å²) < 4.78 is 10.4. The van der Waals surface area contributed by atoms with Crippen LogP contribution in [0.2, 0.25) is 0 Å². The fourth-order valence-corrected chi connectivity index (χ4v) is 2.64. The summed E-state index contributed by atoms with van der Waals surface area (Å²) in [6, 6.07) is 15.8. The van der Waals surface area contributed by atoms with Crippen molar-refractivity contribution in [3.8, 4) is 5.75 Å². The highest BCUT2D eigenvalue weighted by Gasteiger charge is 2.17. The molecule has 0 N–H and O–H groups in total. The number of carbonyl (C=O) groups is 2. The van der Waals surface area contributed by atoms with Crippen molar-refractivity contribution in [2.75, 3.05) is 13.7 Å². The van der Waals surface area contributed by atoms with Crippen molar-refractivity contribution in [1.29, 1.82) is 0 Å². The van der Waals surface area contributed by atoms with Crippen molar-refractivity contribution in [2.24, 2.45) is 0 Å². The molecule has 5 nitrogen and oxygen atoms in total. The van der Waals surface area contributed by atoms with Gasteiger partial charge in [-0.2, -0.15) is 0 Å². The molecule has 2 aromatic carbocycles. The van der Waals surface area contributed by atoms with Gasteiger partial charge in [0.2, 0.25) is 5.78 Å². The third kappa shape index (κ3) is 3.50. The molecule has 0 unspecified atom stereocenters. The number of carbonyl (C=O) groups excluding carboxylic acids is 2. The molecule has 0 radical (unpaired) electrons. The van der Waals surface area contributed by atoms with Gasteiger partial charge in [-0.25, -0.2) is 4.79 Å². The van der Waals surface area contributed by atoms with Crippen LogP contribution in [0.5, 0.6) is 5.75 Å². The summed E-state index contributed by atoms with van der Waals surface area (Å²) in [4.78, 5) is 29.2. The van der Waals surface area contributed by atoms with Gasteiger partial charge in [-0.05, 0) is 31.2 Å². The number of rotatable bonds is 5. The lowest BCUT2D eigenvalue weighted by Gasteiger charge is -2.09. The van der Waals surface area contributed by atoms with E-state index in [4.69, 9.17) is 9.47 Å².